The third-order valence-electron chi connectivity index (χ3n) is 3.27. The largest absolute Gasteiger partial charge is 0.491 e. The summed E-state index contributed by atoms with van der Waals surface area (Å²) < 4.78 is 16.5. The standard InChI is InChI=1S/C15H22ClNO3/c1-18-8-6-17-10-12-9-13(16)4-5-15(12)20-11-14-3-2-7-19-14/h4-5,9,14,17H,2-3,6-8,10-11H2,1H3. The summed E-state index contributed by atoms with van der Waals surface area (Å²) in [5.41, 5.74) is 1.06. The average molecular weight is 300 g/mol. The van der Waals surface area contributed by atoms with Crippen molar-refractivity contribution in [2.45, 2.75) is 25.5 Å². The van der Waals surface area contributed by atoms with Gasteiger partial charge in [-0.15, -0.1) is 0 Å². The Morgan fingerprint density at radius 2 is 2.35 bits per heavy atom. The highest BCUT2D eigenvalue weighted by Gasteiger charge is 2.16. The van der Waals surface area contributed by atoms with E-state index in [0.717, 1.165) is 42.3 Å². The molecule has 1 aliphatic heterocycles. The predicted octanol–water partition coefficient (Wildman–Crippen LogP) is 2.63. The van der Waals surface area contributed by atoms with Crippen molar-refractivity contribution in [2.24, 2.45) is 0 Å². The fourth-order valence-corrected chi connectivity index (χ4v) is 2.38. The monoisotopic (exact) mass is 299 g/mol. The number of rotatable bonds is 8. The molecule has 0 amide bonds. The zero-order valence-corrected chi connectivity index (χ0v) is 12.6. The minimum Gasteiger partial charge on any atom is -0.491 e. The van der Waals surface area contributed by atoms with Gasteiger partial charge in [-0.25, -0.2) is 0 Å². The Labute approximate surface area is 125 Å². The van der Waals surface area contributed by atoms with Gasteiger partial charge >= 0.3 is 0 Å². The highest BCUT2D eigenvalue weighted by molar-refractivity contribution is 6.30. The molecule has 1 N–H and O–H groups in total. The molecule has 1 heterocycles. The highest BCUT2D eigenvalue weighted by Crippen LogP contribution is 2.24. The molecule has 1 unspecified atom stereocenters. The molecular weight excluding hydrogens is 278 g/mol. The molecule has 1 aliphatic rings. The highest BCUT2D eigenvalue weighted by atomic mass is 35.5. The zero-order chi connectivity index (χ0) is 14.2. The molecule has 1 aromatic rings. The van der Waals surface area contributed by atoms with Crippen molar-refractivity contribution < 1.29 is 14.2 Å². The van der Waals surface area contributed by atoms with Crippen molar-refractivity contribution >= 4 is 11.6 Å². The molecule has 4 nitrogen and oxygen atoms in total. The normalized spacial score (nSPS) is 18.4. The third-order valence-corrected chi connectivity index (χ3v) is 3.50. The average Bonchev–Trinajstić information content (AvgIpc) is 2.96. The van der Waals surface area contributed by atoms with Gasteiger partial charge < -0.3 is 19.5 Å². The summed E-state index contributed by atoms with van der Waals surface area (Å²) in [6.45, 7) is 3.65. The first kappa shape index (κ1) is 15.6. The van der Waals surface area contributed by atoms with Crippen LogP contribution in [-0.4, -0.2) is 39.6 Å². The Morgan fingerprint density at radius 3 is 3.10 bits per heavy atom. The van der Waals surface area contributed by atoms with Gasteiger partial charge in [-0.1, -0.05) is 11.6 Å². The van der Waals surface area contributed by atoms with Crippen molar-refractivity contribution in [1.82, 2.24) is 5.32 Å². The number of halogens is 1. The third kappa shape index (κ3) is 4.94. The molecule has 0 radical (unpaired) electrons. The Morgan fingerprint density at radius 1 is 1.45 bits per heavy atom. The lowest BCUT2D eigenvalue weighted by Gasteiger charge is -2.15. The molecule has 2 rings (SSSR count). The number of benzene rings is 1. The van der Waals surface area contributed by atoms with Gasteiger partial charge in [0.05, 0.1) is 12.7 Å². The van der Waals surface area contributed by atoms with Crippen LogP contribution in [0.15, 0.2) is 18.2 Å². The maximum Gasteiger partial charge on any atom is 0.124 e. The van der Waals surface area contributed by atoms with Crippen molar-refractivity contribution in [3.63, 3.8) is 0 Å². The summed E-state index contributed by atoms with van der Waals surface area (Å²) in [5, 5.41) is 4.02. The lowest BCUT2D eigenvalue weighted by atomic mass is 10.2. The van der Waals surface area contributed by atoms with E-state index in [0.29, 0.717) is 19.8 Å². The molecule has 1 fully saturated rings. The van der Waals surface area contributed by atoms with E-state index in [1.165, 1.54) is 0 Å². The van der Waals surface area contributed by atoms with Crippen LogP contribution in [0, 0.1) is 0 Å². The van der Waals surface area contributed by atoms with Crippen molar-refractivity contribution in [3.8, 4) is 5.75 Å². The Bertz CT molecular complexity index is 408. The minimum atomic E-state index is 0.222. The smallest absolute Gasteiger partial charge is 0.124 e. The molecule has 0 bridgehead atoms. The van der Waals surface area contributed by atoms with Gasteiger partial charge in [0.25, 0.3) is 0 Å². The lowest BCUT2D eigenvalue weighted by molar-refractivity contribution is 0.0676. The van der Waals surface area contributed by atoms with Gasteiger partial charge in [-0.05, 0) is 31.0 Å². The summed E-state index contributed by atoms with van der Waals surface area (Å²) in [7, 11) is 1.69. The first-order chi connectivity index (χ1) is 9.79. The summed E-state index contributed by atoms with van der Waals surface area (Å²) in [5.74, 6) is 0.870. The van der Waals surface area contributed by atoms with Gasteiger partial charge in [0.1, 0.15) is 12.4 Å². The number of hydrogen-bond acceptors (Lipinski definition) is 4. The van der Waals surface area contributed by atoms with E-state index >= 15 is 0 Å². The first-order valence-corrected chi connectivity index (χ1v) is 7.40. The van der Waals surface area contributed by atoms with Crippen LogP contribution in [0.1, 0.15) is 18.4 Å². The van der Waals surface area contributed by atoms with Crippen molar-refractivity contribution in [1.29, 1.82) is 0 Å². The zero-order valence-electron chi connectivity index (χ0n) is 11.9. The molecule has 1 aromatic carbocycles. The summed E-state index contributed by atoms with van der Waals surface area (Å²) in [6.07, 6.45) is 2.43. The SMILES string of the molecule is COCCNCc1cc(Cl)ccc1OCC1CCCO1. The molecule has 5 heteroatoms. The maximum atomic E-state index is 6.05. The fourth-order valence-electron chi connectivity index (χ4n) is 2.18. The van der Waals surface area contributed by atoms with E-state index in [-0.39, 0.29) is 6.10 Å². The Balaban J connectivity index is 1.88. The quantitative estimate of drug-likeness (QED) is 0.749. The van der Waals surface area contributed by atoms with E-state index < -0.39 is 0 Å². The summed E-state index contributed by atoms with van der Waals surface area (Å²) >= 11 is 6.05. The van der Waals surface area contributed by atoms with Crippen molar-refractivity contribution in [3.05, 3.63) is 28.8 Å². The van der Waals surface area contributed by atoms with Crippen LogP contribution in [0.2, 0.25) is 5.02 Å². The van der Waals surface area contributed by atoms with Gasteiger partial charge in [0.2, 0.25) is 0 Å². The number of hydrogen-bond donors (Lipinski definition) is 1. The van der Waals surface area contributed by atoms with Gasteiger partial charge in [0, 0.05) is 37.4 Å². The van der Waals surface area contributed by atoms with Crippen LogP contribution in [0.3, 0.4) is 0 Å². The molecule has 0 aliphatic carbocycles. The maximum absolute atomic E-state index is 6.05. The Kier molecular flexibility index (Phi) is 6.60. The molecule has 20 heavy (non-hydrogen) atoms. The predicted molar refractivity (Wildman–Crippen MR) is 79.5 cm³/mol. The van der Waals surface area contributed by atoms with E-state index in [4.69, 9.17) is 25.8 Å². The fraction of sp³-hybridized carbons (Fsp3) is 0.600. The second kappa shape index (κ2) is 8.47. The molecule has 0 saturated carbocycles. The van der Waals surface area contributed by atoms with E-state index in [2.05, 4.69) is 5.32 Å². The Hall–Kier alpha value is -0.810. The van der Waals surface area contributed by atoms with Crippen LogP contribution in [-0.2, 0) is 16.0 Å². The van der Waals surface area contributed by atoms with Crippen LogP contribution in [0.5, 0.6) is 5.75 Å². The number of nitrogens with one attached hydrogen (secondary N) is 1. The lowest BCUT2D eigenvalue weighted by Crippen LogP contribution is -2.20. The molecule has 0 aromatic heterocycles. The topological polar surface area (TPSA) is 39.7 Å². The summed E-state index contributed by atoms with van der Waals surface area (Å²) in [4.78, 5) is 0. The van der Waals surface area contributed by atoms with E-state index in [9.17, 15) is 0 Å². The van der Waals surface area contributed by atoms with Crippen LogP contribution in [0.4, 0.5) is 0 Å². The van der Waals surface area contributed by atoms with Crippen LogP contribution >= 0.6 is 11.6 Å². The van der Waals surface area contributed by atoms with Crippen LogP contribution < -0.4 is 10.1 Å². The van der Waals surface area contributed by atoms with E-state index in [1.807, 2.05) is 18.2 Å². The number of methoxy groups -OCH3 is 1. The minimum absolute atomic E-state index is 0.222. The van der Waals surface area contributed by atoms with Crippen LogP contribution in [0.25, 0.3) is 0 Å². The summed E-state index contributed by atoms with van der Waals surface area (Å²) in [6, 6.07) is 5.71. The van der Waals surface area contributed by atoms with E-state index in [1.54, 1.807) is 7.11 Å². The van der Waals surface area contributed by atoms with Gasteiger partial charge in [0.15, 0.2) is 0 Å². The molecule has 1 saturated heterocycles. The molecule has 0 spiro atoms. The first-order valence-electron chi connectivity index (χ1n) is 7.02. The van der Waals surface area contributed by atoms with Gasteiger partial charge in [-0.3, -0.25) is 0 Å². The van der Waals surface area contributed by atoms with Gasteiger partial charge in [-0.2, -0.15) is 0 Å². The molecule has 112 valence electrons. The second-order valence-corrected chi connectivity index (χ2v) is 5.30. The second-order valence-electron chi connectivity index (χ2n) is 4.87. The number of ether oxygens (including phenoxy) is 3. The molecule has 1 atom stereocenters. The van der Waals surface area contributed by atoms with Crippen molar-refractivity contribution in [2.75, 3.05) is 33.5 Å². The molecular formula is C15H22ClNO3.